The van der Waals surface area contributed by atoms with Gasteiger partial charge in [-0.15, -0.1) is 11.8 Å². The average molecular weight is 360 g/mol. The Morgan fingerprint density at radius 1 is 1.04 bits per heavy atom. The lowest BCUT2D eigenvalue weighted by Gasteiger charge is -2.04. The minimum atomic E-state index is -0.167. The Bertz CT molecular complexity index is 840. The lowest BCUT2D eigenvalue weighted by Crippen LogP contribution is -2.15. The van der Waals surface area contributed by atoms with Gasteiger partial charge in [0.25, 0.3) is 0 Å². The minimum Gasteiger partial charge on any atom is -0.453 e. The number of hydrogen-bond acceptors (Lipinski definition) is 4. The van der Waals surface area contributed by atoms with Gasteiger partial charge in [-0.05, 0) is 36.4 Å². The van der Waals surface area contributed by atoms with Gasteiger partial charge in [-0.1, -0.05) is 29.8 Å². The monoisotopic (exact) mass is 359 g/mol. The molecule has 0 aliphatic carbocycles. The highest BCUT2D eigenvalue weighted by Gasteiger charge is 2.13. The number of benzene rings is 2. The fourth-order valence-electron chi connectivity index (χ4n) is 2.16. The van der Waals surface area contributed by atoms with Gasteiger partial charge in [0.15, 0.2) is 5.76 Å². The van der Waals surface area contributed by atoms with E-state index in [0.717, 1.165) is 5.39 Å². The molecule has 2 aromatic carbocycles. The molecule has 0 bridgehead atoms. The number of furan rings is 1. The van der Waals surface area contributed by atoms with E-state index in [1.54, 1.807) is 30.3 Å². The predicted octanol–water partition coefficient (Wildman–Crippen LogP) is 4.64. The molecule has 0 fully saturated rings. The second-order valence-electron chi connectivity index (χ2n) is 5.12. The first kappa shape index (κ1) is 16.6. The Labute approximate surface area is 148 Å². The molecule has 24 heavy (non-hydrogen) atoms. The molecule has 0 aliphatic heterocycles. The van der Waals surface area contributed by atoms with Gasteiger partial charge in [-0.25, -0.2) is 0 Å². The van der Waals surface area contributed by atoms with Gasteiger partial charge in [0.1, 0.15) is 5.58 Å². The number of ketones is 1. The zero-order valence-electron chi connectivity index (χ0n) is 12.6. The number of nitrogens with one attached hydrogen (secondary N) is 1. The summed E-state index contributed by atoms with van der Waals surface area (Å²) in [6, 6.07) is 16.0. The normalized spacial score (nSPS) is 10.7. The number of amides is 1. The second kappa shape index (κ2) is 7.55. The van der Waals surface area contributed by atoms with Crippen LogP contribution in [-0.2, 0) is 4.79 Å². The van der Waals surface area contributed by atoms with Crippen LogP contribution in [0.5, 0.6) is 0 Å². The molecule has 1 amide bonds. The van der Waals surface area contributed by atoms with Gasteiger partial charge in [-0.3, -0.25) is 9.59 Å². The molecule has 6 heteroatoms. The fraction of sp³-hybridized carbons (Fsp3) is 0.111. The standard InChI is InChI=1S/C18H14ClNO3S/c19-13-5-7-14(8-6-13)20-18(22)11-24-10-15(21)17-9-12-3-1-2-4-16(12)23-17/h1-9H,10-11H2,(H,20,22). The summed E-state index contributed by atoms with van der Waals surface area (Å²) < 4.78 is 5.52. The molecule has 0 aliphatic rings. The van der Waals surface area contributed by atoms with Crippen LogP contribution in [0.1, 0.15) is 10.6 Å². The lowest BCUT2D eigenvalue weighted by molar-refractivity contribution is -0.113. The van der Waals surface area contributed by atoms with Crippen molar-refractivity contribution in [3.63, 3.8) is 0 Å². The first-order valence-corrected chi connectivity index (χ1v) is 8.80. The van der Waals surface area contributed by atoms with Crippen molar-refractivity contribution >= 4 is 51.7 Å². The molecule has 0 saturated heterocycles. The topological polar surface area (TPSA) is 59.3 Å². The smallest absolute Gasteiger partial charge is 0.234 e. The summed E-state index contributed by atoms with van der Waals surface area (Å²) in [4.78, 5) is 24.0. The van der Waals surface area contributed by atoms with Gasteiger partial charge < -0.3 is 9.73 Å². The first-order valence-electron chi connectivity index (χ1n) is 7.27. The van der Waals surface area contributed by atoms with Gasteiger partial charge in [0.05, 0.1) is 11.5 Å². The summed E-state index contributed by atoms with van der Waals surface area (Å²) >= 11 is 7.04. The third-order valence-electron chi connectivity index (χ3n) is 3.29. The third kappa shape index (κ3) is 4.19. The second-order valence-corrected chi connectivity index (χ2v) is 6.54. The maximum atomic E-state index is 12.1. The van der Waals surface area contributed by atoms with E-state index < -0.39 is 0 Å². The van der Waals surface area contributed by atoms with Crippen molar-refractivity contribution in [2.24, 2.45) is 0 Å². The average Bonchev–Trinajstić information content (AvgIpc) is 3.01. The van der Waals surface area contributed by atoms with Gasteiger partial charge >= 0.3 is 0 Å². The van der Waals surface area contributed by atoms with Crippen molar-refractivity contribution in [2.45, 2.75) is 0 Å². The third-order valence-corrected chi connectivity index (χ3v) is 4.48. The van der Waals surface area contributed by atoms with Crippen LogP contribution in [0, 0.1) is 0 Å². The van der Waals surface area contributed by atoms with E-state index in [4.69, 9.17) is 16.0 Å². The van der Waals surface area contributed by atoms with Crippen molar-refractivity contribution in [1.29, 1.82) is 0 Å². The highest BCUT2D eigenvalue weighted by molar-refractivity contribution is 8.00. The van der Waals surface area contributed by atoms with E-state index in [-0.39, 0.29) is 23.2 Å². The molecule has 1 N–H and O–H groups in total. The van der Waals surface area contributed by atoms with Gasteiger partial charge in [-0.2, -0.15) is 0 Å². The van der Waals surface area contributed by atoms with Crippen LogP contribution >= 0.6 is 23.4 Å². The Morgan fingerprint density at radius 2 is 1.79 bits per heavy atom. The number of hydrogen-bond donors (Lipinski definition) is 1. The van der Waals surface area contributed by atoms with E-state index in [0.29, 0.717) is 22.1 Å². The number of para-hydroxylation sites is 1. The largest absolute Gasteiger partial charge is 0.453 e. The molecule has 0 radical (unpaired) electrons. The van der Waals surface area contributed by atoms with Crippen molar-refractivity contribution in [3.8, 4) is 0 Å². The van der Waals surface area contributed by atoms with E-state index in [2.05, 4.69) is 5.32 Å². The Kier molecular flexibility index (Phi) is 5.23. The van der Waals surface area contributed by atoms with Crippen LogP contribution < -0.4 is 5.32 Å². The van der Waals surface area contributed by atoms with Crippen molar-refractivity contribution < 1.29 is 14.0 Å². The zero-order chi connectivity index (χ0) is 16.9. The number of thioether (sulfide) groups is 1. The van der Waals surface area contributed by atoms with Crippen LogP contribution in [-0.4, -0.2) is 23.2 Å². The summed E-state index contributed by atoms with van der Waals surface area (Å²) in [5, 5.41) is 4.26. The Morgan fingerprint density at radius 3 is 2.54 bits per heavy atom. The van der Waals surface area contributed by atoms with Gasteiger partial charge in [0, 0.05) is 16.1 Å². The Hall–Kier alpha value is -2.24. The molecule has 1 aromatic heterocycles. The summed E-state index contributed by atoms with van der Waals surface area (Å²) in [6.45, 7) is 0. The van der Waals surface area contributed by atoms with Crippen LogP contribution in [0.2, 0.25) is 5.02 Å². The van der Waals surface area contributed by atoms with Crippen molar-refractivity contribution in [1.82, 2.24) is 0 Å². The summed E-state index contributed by atoms with van der Waals surface area (Å²) in [5.74, 6) is 0.402. The van der Waals surface area contributed by atoms with Crippen molar-refractivity contribution in [3.05, 3.63) is 65.4 Å². The lowest BCUT2D eigenvalue weighted by atomic mass is 10.2. The molecule has 122 valence electrons. The molecule has 0 unspecified atom stereocenters. The molecule has 4 nitrogen and oxygen atoms in total. The molecule has 1 heterocycles. The molecular formula is C18H14ClNO3S. The summed E-state index contributed by atoms with van der Waals surface area (Å²) in [7, 11) is 0. The highest BCUT2D eigenvalue weighted by atomic mass is 35.5. The highest BCUT2D eigenvalue weighted by Crippen LogP contribution is 2.20. The van der Waals surface area contributed by atoms with Gasteiger partial charge in [0.2, 0.25) is 11.7 Å². The van der Waals surface area contributed by atoms with Crippen LogP contribution in [0.15, 0.2) is 59.0 Å². The maximum Gasteiger partial charge on any atom is 0.234 e. The number of Topliss-reactive ketones (excluding diaryl/α,β-unsaturated/α-hetero) is 1. The number of halogens is 1. The fourth-order valence-corrected chi connectivity index (χ4v) is 2.97. The first-order chi connectivity index (χ1) is 11.6. The quantitative estimate of drug-likeness (QED) is 0.651. The van der Waals surface area contributed by atoms with E-state index >= 15 is 0 Å². The number of carbonyl (C=O) groups is 2. The molecule has 0 saturated carbocycles. The van der Waals surface area contributed by atoms with Crippen LogP contribution in [0.25, 0.3) is 11.0 Å². The number of anilines is 1. The number of rotatable bonds is 6. The summed E-state index contributed by atoms with van der Waals surface area (Å²) in [6.07, 6.45) is 0. The van der Waals surface area contributed by atoms with E-state index in [9.17, 15) is 9.59 Å². The predicted molar refractivity (Wildman–Crippen MR) is 98.0 cm³/mol. The maximum absolute atomic E-state index is 12.1. The van der Waals surface area contributed by atoms with Crippen LogP contribution in [0.3, 0.4) is 0 Å². The van der Waals surface area contributed by atoms with E-state index in [1.165, 1.54) is 11.8 Å². The van der Waals surface area contributed by atoms with Crippen LogP contribution in [0.4, 0.5) is 5.69 Å². The molecule has 3 aromatic rings. The summed E-state index contributed by atoms with van der Waals surface area (Å²) in [5.41, 5.74) is 1.36. The number of fused-ring (bicyclic) bond motifs is 1. The minimum absolute atomic E-state index is 0.129. The Balaban J connectivity index is 1.49. The molecule has 3 rings (SSSR count). The number of carbonyl (C=O) groups excluding carboxylic acids is 2. The van der Waals surface area contributed by atoms with E-state index in [1.807, 2.05) is 24.3 Å². The molecule has 0 atom stereocenters. The zero-order valence-corrected chi connectivity index (χ0v) is 14.2. The SMILES string of the molecule is O=C(CSCC(=O)c1cc2ccccc2o1)Nc1ccc(Cl)cc1. The van der Waals surface area contributed by atoms with Crippen molar-refractivity contribution in [2.75, 3.05) is 16.8 Å². The molecule has 0 spiro atoms. The molecular weight excluding hydrogens is 346 g/mol.